The Kier molecular flexibility index (Phi) is 3.10. The van der Waals surface area contributed by atoms with Crippen LogP contribution in [-0.2, 0) is 20.0 Å². The van der Waals surface area contributed by atoms with Crippen molar-refractivity contribution in [3.05, 3.63) is 28.2 Å². The summed E-state index contributed by atoms with van der Waals surface area (Å²) in [5.74, 6) is -0.168. The summed E-state index contributed by atoms with van der Waals surface area (Å²) in [5, 5.41) is 9.25. The first-order valence-electron chi connectivity index (χ1n) is 6.23. The average Bonchev–Trinajstić information content (AvgIpc) is 3.10. The topological polar surface area (TPSA) is 80.7 Å². The second kappa shape index (κ2) is 4.46. The smallest absolute Gasteiger partial charge is 0.314 e. The molecule has 1 saturated heterocycles. The molecule has 1 aromatic rings. The number of halogens is 1. The van der Waals surface area contributed by atoms with Gasteiger partial charge in [-0.3, -0.25) is 4.79 Å². The van der Waals surface area contributed by atoms with E-state index in [-0.39, 0.29) is 17.6 Å². The lowest BCUT2D eigenvalue weighted by atomic mass is 9.96. The first-order chi connectivity index (χ1) is 9.32. The van der Waals surface area contributed by atoms with Crippen LogP contribution in [0.3, 0.4) is 0 Å². The minimum Gasteiger partial charge on any atom is -0.487 e. The zero-order chi connectivity index (χ0) is 14.5. The van der Waals surface area contributed by atoms with E-state index < -0.39 is 21.2 Å². The van der Waals surface area contributed by atoms with Crippen LogP contribution in [0.1, 0.15) is 18.4 Å². The SMILES string of the molecule is O=C(O)C1(c2ccc(OC3CS(=O)(=O)C3)c(Br)c2)CC1. The van der Waals surface area contributed by atoms with Gasteiger partial charge < -0.3 is 9.84 Å². The molecule has 0 atom stereocenters. The fourth-order valence-corrected chi connectivity index (χ4v) is 4.05. The van der Waals surface area contributed by atoms with Gasteiger partial charge in [0.2, 0.25) is 0 Å². The van der Waals surface area contributed by atoms with Crippen LogP contribution in [0.15, 0.2) is 22.7 Å². The van der Waals surface area contributed by atoms with Gasteiger partial charge in [0.15, 0.2) is 9.84 Å². The van der Waals surface area contributed by atoms with Gasteiger partial charge in [-0.2, -0.15) is 0 Å². The molecule has 1 heterocycles. The maximum absolute atomic E-state index is 11.3. The second-order valence-corrected chi connectivity index (χ2v) is 8.36. The van der Waals surface area contributed by atoms with Crippen LogP contribution < -0.4 is 4.74 Å². The Bertz CT molecular complexity index is 666. The van der Waals surface area contributed by atoms with Crippen molar-refractivity contribution in [3.63, 3.8) is 0 Å². The highest BCUT2D eigenvalue weighted by atomic mass is 79.9. The molecule has 0 bridgehead atoms. The van der Waals surface area contributed by atoms with Crippen LogP contribution in [0.25, 0.3) is 0 Å². The van der Waals surface area contributed by atoms with E-state index in [9.17, 15) is 18.3 Å². The van der Waals surface area contributed by atoms with Crippen molar-refractivity contribution < 1.29 is 23.1 Å². The van der Waals surface area contributed by atoms with E-state index >= 15 is 0 Å². The summed E-state index contributed by atoms with van der Waals surface area (Å²) in [6.45, 7) is 0. The van der Waals surface area contributed by atoms with Crippen molar-refractivity contribution >= 4 is 31.7 Å². The van der Waals surface area contributed by atoms with Gasteiger partial charge in [-0.1, -0.05) is 6.07 Å². The molecule has 1 aliphatic carbocycles. The van der Waals surface area contributed by atoms with E-state index in [2.05, 4.69) is 15.9 Å². The monoisotopic (exact) mass is 360 g/mol. The molecule has 0 aromatic heterocycles. The molecule has 5 nitrogen and oxygen atoms in total. The molecular formula is C13H13BrO5S. The Morgan fingerprint density at radius 1 is 1.35 bits per heavy atom. The Morgan fingerprint density at radius 2 is 2.00 bits per heavy atom. The van der Waals surface area contributed by atoms with Gasteiger partial charge in [-0.15, -0.1) is 0 Å². The van der Waals surface area contributed by atoms with Gasteiger partial charge in [0.1, 0.15) is 11.9 Å². The van der Waals surface area contributed by atoms with Gasteiger partial charge in [0.25, 0.3) is 0 Å². The van der Waals surface area contributed by atoms with Crippen LogP contribution in [-0.4, -0.2) is 37.1 Å². The lowest BCUT2D eigenvalue weighted by molar-refractivity contribution is -0.140. The number of carboxylic acids is 1. The van der Waals surface area contributed by atoms with Crippen molar-refractivity contribution in [2.45, 2.75) is 24.4 Å². The number of ether oxygens (including phenoxy) is 1. The number of carboxylic acid groups (broad SMARTS) is 1. The van der Waals surface area contributed by atoms with Crippen LogP contribution >= 0.6 is 15.9 Å². The zero-order valence-corrected chi connectivity index (χ0v) is 12.9. The van der Waals surface area contributed by atoms with Crippen molar-refractivity contribution in [2.24, 2.45) is 0 Å². The molecule has 108 valence electrons. The van der Waals surface area contributed by atoms with Crippen molar-refractivity contribution in [2.75, 3.05) is 11.5 Å². The maximum Gasteiger partial charge on any atom is 0.314 e. The predicted molar refractivity (Wildman–Crippen MR) is 75.8 cm³/mol. The summed E-state index contributed by atoms with van der Waals surface area (Å²) in [7, 11) is -2.91. The predicted octanol–water partition coefficient (Wildman–Crippen LogP) is 1.74. The van der Waals surface area contributed by atoms with Crippen molar-refractivity contribution in [1.29, 1.82) is 0 Å². The molecule has 2 aliphatic rings. The Morgan fingerprint density at radius 3 is 2.45 bits per heavy atom. The normalized spacial score (nSPS) is 22.9. The molecule has 3 rings (SSSR count). The number of rotatable bonds is 4. The molecule has 20 heavy (non-hydrogen) atoms. The molecule has 0 spiro atoms. The molecule has 1 aliphatic heterocycles. The Balaban J connectivity index is 1.77. The summed E-state index contributed by atoms with van der Waals surface area (Å²) < 4.78 is 28.4. The molecule has 1 saturated carbocycles. The lowest BCUT2D eigenvalue weighted by Crippen LogP contribution is -2.45. The lowest BCUT2D eigenvalue weighted by Gasteiger charge is -2.27. The summed E-state index contributed by atoms with van der Waals surface area (Å²) in [4.78, 5) is 11.3. The molecule has 0 radical (unpaired) electrons. The van der Waals surface area contributed by atoms with Crippen LogP contribution in [0.2, 0.25) is 0 Å². The number of benzene rings is 1. The van der Waals surface area contributed by atoms with E-state index in [0.717, 1.165) is 5.56 Å². The van der Waals surface area contributed by atoms with Crippen molar-refractivity contribution in [3.8, 4) is 5.75 Å². The first-order valence-corrected chi connectivity index (χ1v) is 8.84. The maximum atomic E-state index is 11.3. The van der Waals surface area contributed by atoms with E-state index in [4.69, 9.17) is 4.74 Å². The minimum atomic E-state index is -2.91. The summed E-state index contributed by atoms with van der Waals surface area (Å²) >= 11 is 3.36. The molecular weight excluding hydrogens is 348 g/mol. The summed E-state index contributed by atoms with van der Waals surface area (Å²) in [6, 6.07) is 5.20. The second-order valence-electron chi connectivity index (χ2n) is 5.35. The van der Waals surface area contributed by atoms with E-state index in [1.165, 1.54) is 0 Å². The van der Waals surface area contributed by atoms with Crippen LogP contribution in [0.4, 0.5) is 0 Å². The van der Waals surface area contributed by atoms with E-state index in [0.29, 0.717) is 23.1 Å². The van der Waals surface area contributed by atoms with Gasteiger partial charge in [0, 0.05) is 0 Å². The van der Waals surface area contributed by atoms with E-state index in [1.54, 1.807) is 18.2 Å². The Hall–Kier alpha value is -1.08. The molecule has 0 unspecified atom stereocenters. The fraction of sp³-hybridized carbons (Fsp3) is 0.462. The third kappa shape index (κ3) is 2.33. The third-order valence-corrected chi connectivity index (χ3v) is 6.20. The van der Waals surface area contributed by atoms with Gasteiger partial charge in [0.05, 0.1) is 21.4 Å². The van der Waals surface area contributed by atoms with Gasteiger partial charge in [-0.25, -0.2) is 8.42 Å². The quantitative estimate of drug-likeness (QED) is 0.884. The standard InChI is InChI=1S/C13H13BrO5S/c14-10-5-8(13(3-4-13)12(15)16)1-2-11(10)19-9-6-20(17,18)7-9/h1-2,5,9H,3-4,6-7H2,(H,15,16). The van der Waals surface area contributed by atoms with E-state index in [1.807, 2.05) is 0 Å². The molecule has 1 N–H and O–H groups in total. The number of sulfone groups is 1. The Labute approximate surface area is 125 Å². The van der Waals surface area contributed by atoms with Crippen LogP contribution in [0, 0.1) is 0 Å². The highest BCUT2D eigenvalue weighted by molar-refractivity contribution is 9.10. The highest BCUT2D eigenvalue weighted by Gasteiger charge is 2.51. The number of aliphatic carboxylic acids is 1. The fourth-order valence-electron chi connectivity index (χ4n) is 2.41. The molecule has 2 fully saturated rings. The highest BCUT2D eigenvalue weighted by Crippen LogP contribution is 2.49. The summed E-state index contributed by atoms with van der Waals surface area (Å²) in [5.41, 5.74) is 0.00590. The molecule has 1 aromatic carbocycles. The van der Waals surface area contributed by atoms with Crippen molar-refractivity contribution in [1.82, 2.24) is 0 Å². The largest absolute Gasteiger partial charge is 0.487 e. The summed E-state index contributed by atoms with van der Waals surface area (Å²) in [6.07, 6.45) is 0.989. The first kappa shape index (κ1) is 13.9. The average molecular weight is 361 g/mol. The molecule has 0 amide bonds. The van der Waals surface area contributed by atoms with Gasteiger partial charge in [-0.05, 0) is 46.5 Å². The number of hydrogen-bond acceptors (Lipinski definition) is 4. The van der Waals surface area contributed by atoms with Crippen LogP contribution in [0.5, 0.6) is 5.75 Å². The number of carbonyl (C=O) groups is 1. The molecule has 7 heteroatoms. The minimum absolute atomic E-state index is 0.0419. The number of hydrogen-bond donors (Lipinski definition) is 1. The zero-order valence-electron chi connectivity index (χ0n) is 10.5. The third-order valence-electron chi connectivity index (χ3n) is 3.82. The van der Waals surface area contributed by atoms with Gasteiger partial charge >= 0.3 is 5.97 Å².